The van der Waals surface area contributed by atoms with Crippen LogP contribution in [0.5, 0.6) is 5.88 Å². The van der Waals surface area contributed by atoms with Crippen LogP contribution in [0.3, 0.4) is 0 Å². The van der Waals surface area contributed by atoms with Crippen LogP contribution in [0.4, 0.5) is 27.8 Å². The second kappa shape index (κ2) is 7.65. The predicted octanol–water partition coefficient (Wildman–Crippen LogP) is 2.20. The standard InChI is InChI=1S/C20H23FN8O2/c1-10(14-4-3-11(21)7-23-14)17-18(22)25-20(24-15-6-16(30-2)28-27-15)26-19(17)29-8-13-5-12(29)9-31-13/h3-4,6-7,10,12-13H,5,8-9H2,1-2H3,(H4,22,24,25,26,27,28)/t10-,12?,13?/m1/s1. The number of nitrogens with one attached hydrogen (secondary N) is 2. The number of hydrogen-bond acceptors (Lipinski definition) is 9. The number of aromatic amines is 1. The van der Waals surface area contributed by atoms with Crippen LogP contribution in [0.25, 0.3) is 0 Å². The monoisotopic (exact) mass is 426 g/mol. The zero-order valence-electron chi connectivity index (χ0n) is 17.2. The molecule has 0 saturated carbocycles. The van der Waals surface area contributed by atoms with Crippen LogP contribution in [0, 0.1) is 5.82 Å². The van der Waals surface area contributed by atoms with Gasteiger partial charge < -0.3 is 25.4 Å². The maximum atomic E-state index is 13.4. The van der Waals surface area contributed by atoms with E-state index in [1.807, 2.05) is 6.92 Å². The highest BCUT2D eigenvalue weighted by Gasteiger charge is 2.41. The smallest absolute Gasteiger partial charge is 0.232 e. The minimum Gasteiger partial charge on any atom is -0.481 e. The molecule has 5 heterocycles. The zero-order valence-corrected chi connectivity index (χ0v) is 17.2. The molecule has 0 radical (unpaired) electrons. The Morgan fingerprint density at radius 3 is 2.90 bits per heavy atom. The average molecular weight is 426 g/mol. The molecule has 0 aromatic carbocycles. The van der Waals surface area contributed by atoms with Crippen LogP contribution in [0.15, 0.2) is 24.4 Å². The van der Waals surface area contributed by atoms with Gasteiger partial charge in [0.25, 0.3) is 0 Å². The summed E-state index contributed by atoms with van der Waals surface area (Å²) in [5.74, 6) is 1.79. The molecule has 162 valence electrons. The lowest BCUT2D eigenvalue weighted by molar-refractivity contribution is 0.0988. The number of fused-ring (bicyclic) bond motifs is 2. The molecule has 0 spiro atoms. The van der Waals surface area contributed by atoms with E-state index < -0.39 is 0 Å². The Balaban J connectivity index is 1.55. The molecule has 31 heavy (non-hydrogen) atoms. The normalized spacial score (nSPS) is 20.8. The van der Waals surface area contributed by atoms with Crippen molar-refractivity contribution in [1.29, 1.82) is 0 Å². The van der Waals surface area contributed by atoms with Gasteiger partial charge in [0.15, 0.2) is 5.82 Å². The minimum absolute atomic E-state index is 0.181. The van der Waals surface area contributed by atoms with Crippen LogP contribution < -0.4 is 20.7 Å². The molecule has 11 heteroatoms. The summed E-state index contributed by atoms with van der Waals surface area (Å²) >= 11 is 0. The molecule has 3 aromatic heterocycles. The van der Waals surface area contributed by atoms with Crippen molar-refractivity contribution >= 4 is 23.4 Å². The topological polar surface area (TPSA) is 127 Å². The van der Waals surface area contributed by atoms with Gasteiger partial charge in [0.2, 0.25) is 11.8 Å². The second-order valence-electron chi connectivity index (χ2n) is 7.74. The van der Waals surface area contributed by atoms with Gasteiger partial charge in [-0.25, -0.2) is 9.49 Å². The first-order chi connectivity index (χ1) is 15.0. The summed E-state index contributed by atoms with van der Waals surface area (Å²) in [6.45, 7) is 3.35. The van der Waals surface area contributed by atoms with Crippen molar-refractivity contribution in [2.45, 2.75) is 31.4 Å². The molecule has 4 N–H and O–H groups in total. The first-order valence-electron chi connectivity index (χ1n) is 10.1. The maximum absolute atomic E-state index is 13.4. The Morgan fingerprint density at radius 2 is 2.26 bits per heavy atom. The van der Waals surface area contributed by atoms with Gasteiger partial charge in [-0.3, -0.25) is 4.98 Å². The summed E-state index contributed by atoms with van der Waals surface area (Å²) in [6.07, 6.45) is 2.33. The van der Waals surface area contributed by atoms with E-state index in [0.717, 1.165) is 24.3 Å². The number of aromatic nitrogens is 5. The number of hydrogen-bond donors (Lipinski definition) is 3. The minimum atomic E-state index is -0.386. The van der Waals surface area contributed by atoms with Crippen LogP contribution in [0.2, 0.25) is 0 Å². The summed E-state index contributed by atoms with van der Waals surface area (Å²) in [5.41, 5.74) is 7.89. The number of nitrogens with two attached hydrogens (primary N) is 1. The molecule has 2 saturated heterocycles. The number of ether oxygens (including phenoxy) is 2. The van der Waals surface area contributed by atoms with Gasteiger partial charge in [-0.1, -0.05) is 6.92 Å². The Labute approximate surface area is 178 Å². The number of methoxy groups -OCH3 is 1. The fourth-order valence-electron chi connectivity index (χ4n) is 4.20. The molecule has 0 amide bonds. The molecule has 2 bridgehead atoms. The van der Waals surface area contributed by atoms with E-state index >= 15 is 0 Å². The molecule has 3 atom stereocenters. The fourth-order valence-corrected chi connectivity index (χ4v) is 4.20. The molecule has 2 fully saturated rings. The SMILES string of the molecule is COc1cc(Nc2nc(N)c([C@H](C)c3ccc(F)cn3)c(N3CC4CC3CO4)n2)n[nH]1. The molecule has 2 aliphatic rings. The highest BCUT2D eigenvalue weighted by atomic mass is 19.1. The van der Waals surface area contributed by atoms with Gasteiger partial charge in [0.05, 0.1) is 32.1 Å². The highest BCUT2D eigenvalue weighted by molar-refractivity contribution is 5.66. The van der Waals surface area contributed by atoms with Gasteiger partial charge in [-0.2, -0.15) is 15.1 Å². The maximum Gasteiger partial charge on any atom is 0.232 e. The molecule has 2 aliphatic heterocycles. The highest BCUT2D eigenvalue weighted by Crippen LogP contribution is 2.40. The zero-order chi connectivity index (χ0) is 21.5. The van der Waals surface area contributed by atoms with Crippen LogP contribution in [-0.4, -0.2) is 57.6 Å². The van der Waals surface area contributed by atoms with E-state index in [9.17, 15) is 4.39 Å². The predicted molar refractivity (Wildman–Crippen MR) is 112 cm³/mol. The second-order valence-corrected chi connectivity index (χ2v) is 7.74. The van der Waals surface area contributed by atoms with E-state index in [1.165, 1.54) is 12.3 Å². The van der Waals surface area contributed by atoms with Crippen molar-refractivity contribution < 1.29 is 13.9 Å². The summed E-state index contributed by atoms with van der Waals surface area (Å²) in [4.78, 5) is 15.7. The third-order valence-electron chi connectivity index (χ3n) is 5.77. The van der Waals surface area contributed by atoms with Crippen molar-refractivity contribution in [3.8, 4) is 5.88 Å². The molecule has 2 unspecified atom stereocenters. The van der Waals surface area contributed by atoms with Gasteiger partial charge in [-0.05, 0) is 18.6 Å². The van der Waals surface area contributed by atoms with E-state index in [4.69, 9.17) is 20.2 Å². The van der Waals surface area contributed by atoms with Gasteiger partial charge >= 0.3 is 0 Å². The number of nitrogen functional groups attached to an aromatic ring is 1. The lowest BCUT2D eigenvalue weighted by Gasteiger charge is -2.31. The number of nitrogens with zero attached hydrogens (tertiary/aromatic N) is 5. The van der Waals surface area contributed by atoms with Crippen LogP contribution in [-0.2, 0) is 4.74 Å². The first-order valence-corrected chi connectivity index (χ1v) is 10.1. The molecule has 3 aromatic rings. The molecular formula is C20H23FN8O2. The van der Waals surface area contributed by atoms with E-state index in [0.29, 0.717) is 35.8 Å². The third kappa shape index (κ3) is 3.61. The number of morpholine rings is 1. The molecule has 10 nitrogen and oxygen atoms in total. The van der Waals surface area contributed by atoms with Crippen molar-refractivity contribution in [1.82, 2.24) is 25.1 Å². The Hall–Kier alpha value is -3.47. The van der Waals surface area contributed by atoms with Gasteiger partial charge in [-0.15, -0.1) is 0 Å². The quantitative estimate of drug-likeness (QED) is 0.543. The molecule has 0 aliphatic carbocycles. The van der Waals surface area contributed by atoms with Crippen LogP contribution >= 0.6 is 0 Å². The average Bonchev–Trinajstić information content (AvgIpc) is 3.50. The van der Waals surface area contributed by atoms with E-state index in [2.05, 4.69) is 30.4 Å². The van der Waals surface area contributed by atoms with Crippen molar-refractivity contribution in [3.63, 3.8) is 0 Å². The van der Waals surface area contributed by atoms with Crippen molar-refractivity contribution in [2.24, 2.45) is 0 Å². The Kier molecular flexibility index (Phi) is 4.81. The molecular weight excluding hydrogens is 403 g/mol. The lowest BCUT2D eigenvalue weighted by atomic mass is 9.97. The van der Waals surface area contributed by atoms with Gasteiger partial charge in [0, 0.05) is 29.8 Å². The number of halogens is 1. The first kappa shape index (κ1) is 19.5. The number of anilines is 4. The Morgan fingerprint density at radius 1 is 1.39 bits per heavy atom. The summed E-state index contributed by atoms with van der Waals surface area (Å²) in [5, 5.41) is 9.95. The van der Waals surface area contributed by atoms with Crippen molar-refractivity contribution in [3.05, 3.63) is 41.5 Å². The third-order valence-corrected chi connectivity index (χ3v) is 5.77. The number of pyridine rings is 1. The molecule has 5 rings (SSSR count). The van der Waals surface area contributed by atoms with E-state index in [1.54, 1.807) is 19.2 Å². The lowest BCUT2D eigenvalue weighted by Crippen LogP contribution is -2.38. The Bertz CT molecular complexity index is 1090. The summed E-state index contributed by atoms with van der Waals surface area (Å²) in [6, 6.07) is 4.97. The van der Waals surface area contributed by atoms with E-state index in [-0.39, 0.29) is 23.9 Å². The fraction of sp³-hybridized carbons (Fsp3) is 0.400. The summed E-state index contributed by atoms with van der Waals surface area (Å²) in [7, 11) is 1.55. The summed E-state index contributed by atoms with van der Waals surface area (Å²) < 4.78 is 24.3. The van der Waals surface area contributed by atoms with Gasteiger partial charge in [0.1, 0.15) is 17.5 Å². The van der Waals surface area contributed by atoms with Crippen LogP contribution in [0.1, 0.15) is 30.5 Å². The van der Waals surface area contributed by atoms with Crippen molar-refractivity contribution in [2.75, 3.05) is 36.2 Å². The number of rotatable bonds is 6. The number of H-pyrrole nitrogens is 1. The largest absolute Gasteiger partial charge is 0.481 e.